The van der Waals surface area contributed by atoms with Crippen LogP contribution in [0.4, 0.5) is 0 Å². The van der Waals surface area contributed by atoms with Crippen molar-refractivity contribution in [2.45, 2.75) is 236 Å². The molecule has 6 heteroatoms. The number of rotatable bonds is 7. The van der Waals surface area contributed by atoms with Crippen LogP contribution >= 0.6 is 0 Å². The number of hydrogen-bond donors (Lipinski definition) is 0. The van der Waals surface area contributed by atoms with Crippen LogP contribution in [0.3, 0.4) is 0 Å². The Hall–Kier alpha value is -14.5. The summed E-state index contributed by atoms with van der Waals surface area (Å²) in [6.45, 7) is 62.4. The molecule has 0 bridgehead atoms. The van der Waals surface area contributed by atoms with Crippen LogP contribution in [0.1, 0.15) is 237 Å². The molecule has 0 atom stereocenters. The summed E-state index contributed by atoms with van der Waals surface area (Å²) < 4.78 is 30.8. The number of benzene rings is 17. The largest absolute Gasteiger partial charge is 0.456 e. The highest BCUT2D eigenvalue weighted by Gasteiger charge is 2.36. The summed E-state index contributed by atoms with van der Waals surface area (Å²) >= 11 is 0. The van der Waals surface area contributed by atoms with Gasteiger partial charge in [0.15, 0.2) is 0 Å². The van der Waals surface area contributed by atoms with Crippen LogP contribution in [-0.4, -0.2) is 9.13 Å². The molecular formula is C138H138N2O4. The Bertz CT molecular complexity index is 8720. The van der Waals surface area contributed by atoms with Gasteiger partial charge < -0.3 is 26.8 Å². The van der Waals surface area contributed by atoms with E-state index in [9.17, 15) is 0 Å². The molecule has 144 heavy (non-hydrogen) atoms. The molecule has 0 fully saturated rings. The second-order valence-electron chi connectivity index (χ2n) is 49.2. The number of furan rings is 4. The predicted molar refractivity (Wildman–Crippen MR) is 619 cm³/mol. The normalized spacial score (nSPS) is 12.8. The molecule has 0 unspecified atom stereocenters. The quantitative estimate of drug-likeness (QED) is 0.160. The monoisotopic (exact) mass is 1890 g/mol. The Balaban J connectivity index is 0.000000119. The SMILES string of the molecule is CC(C)(C)c1c(-n2c3ccccc3c3ccccc32)ccc2oc3cccc(-c4ccccc4)c3c12.CC(C)(C)c1cc(-c2ccc3oc4cccc(-c5ccccc5)c4c3c2C(C)(C)C)cc(C(C)(C)C)c1.CC(C)(C)c1ccc2c(c1)c1cc(C(C)(C)C)ccc1n2-c1ccc2oc3cccc(-c4ccccc4)c3c2c1C(C)(C)C.CC(C)(C)c1ccc2oc3cccc(-c4ccccc4)c3c2c1C(C)(C)C. The summed E-state index contributed by atoms with van der Waals surface area (Å²) in [5.41, 5.74) is 39.3. The van der Waals surface area contributed by atoms with E-state index in [0.29, 0.717) is 0 Å². The zero-order valence-electron chi connectivity index (χ0n) is 89.4. The predicted octanol–water partition coefficient (Wildman–Crippen LogP) is 40.6. The molecule has 0 aliphatic carbocycles. The molecule has 6 heterocycles. The minimum Gasteiger partial charge on any atom is -0.456 e. The van der Waals surface area contributed by atoms with E-state index in [0.717, 1.165) is 44.7 Å². The zero-order chi connectivity index (χ0) is 102. The van der Waals surface area contributed by atoms with Crippen LogP contribution in [0.15, 0.2) is 363 Å². The third-order valence-corrected chi connectivity index (χ3v) is 29.3. The van der Waals surface area contributed by atoms with Crippen LogP contribution in [-0.2, 0) is 48.7 Å². The van der Waals surface area contributed by atoms with E-state index in [1.54, 1.807) is 0 Å². The van der Waals surface area contributed by atoms with Crippen molar-refractivity contribution >= 4 is 131 Å². The third kappa shape index (κ3) is 17.7. The van der Waals surface area contributed by atoms with Crippen LogP contribution in [0.5, 0.6) is 0 Å². The lowest BCUT2D eigenvalue weighted by atomic mass is 9.73. The average molecular weight is 1890 g/mol. The first-order valence-corrected chi connectivity index (χ1v) is 51.6. The standard InChI is InChI=1S/C42H43NO.C36H40O.C34H27NO.C26H28O/c1-40(2,3)27-18-20-32-30(24-27)31-25-28(41(4,5)6)19-21-33(31)43(32)34-22-23-36-38(39(34)42(7,8)9)37-29(16-13-17-35(37)44-36)26-14-11-10-12-15-26;1-34(2,3)25-20-24(21-26(22-25)35(4,5)6)28-18-19-30-32(33(28)36(7,8)9)31-27(16-13-17-29(31)37-30)23-14-11-10-12-15-23;1-34(2,3)33-28(35-26-17-9-7-14-24(26)25-15-8-10-18-27(25)35)20-21-30-32(33)31-23(16-11-19-29(31)36-30)22-12-5-4-6-13-22;1-25(2,3)19-15-16-21-23(24(19)26(4,5)6)22-18(13-10-14-20(22)27-21)17-11-8-7-9-12-17/h10-25H,1-9H3;10-22H,1-9H3;4-21H,1-3H3;7-16H,1-6H3. The summed E-state index contributed by atoms with van der Waals surface area (Å²) in [6.07, 6.45) is 0. The summed E-state index contributed by atoms with van der Waals surface area (Å²) in [5, 5.41) is 14.9. The first-order valence-electron chi connectivity index (χ1n) is 51.6. The summed E-state index contributed by atoms with van der Waals surface area (Å²) in [4.78, 5) is 0. The van der Waals surface area contributed by atoms with Gasteiger partial charge in [0.2, 0.25) is 0 Å². The van der Waals surface area contributed by atoms with Crippen LogP contribution < -0.4 is 0 Å². The van der Waals surface area contributed by atoms with Crippen LogP contribution in [0.25, 0.3) is 198 Å². The van der Waals surface area contributed by atoms with Gasteiger partial charge in [0, 0.05) is 64.6 Å². The second-order valence-corrected chi connectivity index (χ2v) is 49.2. The number of para-hydroxylation sites is 2. The number of aromatic nitrogens is 2. The number of nitrogens with zero attached hydrogens (tertiary/aromatic N) is 2. The molecular weight excluding hydrogens is 1750 g/mol. The lowest BCUT2D eigenvalue weighted by Gasteiger charge is -2.31. The molecule has 0 saturated heterocycles. The number of hydrogen-bond acceptors (Lipinski definition) is 4. The van der Waals surface area contributed by atoms with Gasteiger partial charge in [-0.3, -0.25) is 0 Å². The van der Waals surface area contributed by atoms with Crippen molar-refractivity contribution < 1.29 is 17.7 Å². The minimum atomic E-state index is -0.158. The van der Waals surface area contributed by atoms with E-state index in [-0.39, 0.29) is 48.7 Å². The first kappa shape index (κ1) is 97.0. The maximum Gasteiger partial charge on any atom is 0.136 e. The maximum atomic E-state index is 6.59. The molecule has 0 amide bonds. The van der Waals surface area contributed by atoms with Gasteiger partial charge in [-0.05, 0) is 252 Å². The van der Waals surface area contributed by atoms with Crippen molar-refractivity contribution in [2.75, 3.05) is 0 Å². The van der Waals surface area contributed by atoms with E-state index >= 15 is 0 Å². The Morgan fingerprint density at radius 3 is 0.736 bits per heavy atom. The van der Waals surface area contributed by atoms with Gasteiger partial charge >= 0.3 is 0 Å². The molecule has 724 valence electrons. The van der Waals surface area contributed by atoms with Crippen molar-refractivity contribution in [2.24, 2.45) is 0 Å². The molecule has 17 aromatic carbocycles. The Morgan fingerprint density at radius 2 is 0.431 bits per heavy atom. The van der Waals surface area contributed by atoms with Crippen molar-refractivity contribution in [1.82, 2.24) is 9.13 Å². The highest BCUT2D eigenvalue weighted by molar-refractivity contribution is 6.20. The van der Waals surface area contributed by atoms with Gasteiger partial charge in [-0.15, -0.1) is 0 Å². The lowest BCUT2D eigenvalue weighted by Crippen LogP contribution is -2.22. The summed E-state index contributed by atoms with van der Waals surface area (Å²) in [7, 11) is 0. The summed E-state index contributed by atoms with van der Waals surface area (Å²) in [5.74, 6) is 0. The van der Waals surface area contributed by atoms with Crippen molar-refractivity contribution in [3.8, 4) is 67.0 Å². The second kappa shape index (κ2) is 35.8. The van der Waals surface area contributed by atoms with Gasteiger partial charge in [0.25, 0.3) is 0 Å². The van der Waals surface area contributed by atoms with E-state index in [4.69, 9.17) is 17.7 Å². The van der Waals surface area contributed by atoms with Gasteiger partial charge in [0.05, 0.1) is 33.4 Å². The Kier molecular flexibility index (Phi) is 24.1. The molecule has 0 saturated carbocycles. The third-order valence-electron chi connectivity index (χ3n) is 29.3. The van der Waals surface area contributed by atoms with E-state index < -0.39 is 0 Å². The van der Waals surface area contributed by atoms with E-state index in [1.807, 2.05) is 0 Å². The van der Waals surface area contributed by atoms with Gasteiger partial charge in [0.1, 0.15) is 44.7 Å². The zero-order valence-corrected chi connectivity index (χ0v) is 89.4. The molecule has 23 rings (SSSR count). The Morgan fingerprint density at radius 1 is 0.160 bits per heavy atom. The van der Waals surface area contributed by atoms with Gasteiger partial charge in [-0.1, -0.05) is 436 Å². The molecule has 0 radical (unpaired) electrons. The molecule has 6 nitrogen and oxygen atoms in total. The average Bonchev–Trinajstić information content (AvgIpc) is 1.55. The molecule has 23 aromatic rings. The van der Waals surface area contributed by atoms with Crippen molar-refractivity contribution in [3.63, 3.8) is 0 Å². The van der Waals surface area contributed by atoms with E-state index in [1.165, 1.54) is 204 Å². The molecule has 0 N–H and O–H groups in total. The minimum absolute atomic E-state index is 0.0166. The highest BCUT2D eigenvalue weighted by Crippen LogP contribution is 2.54. The van der Waals surface area contributed by atoms with Crippen molar-refractivity contribution in [3.05, 3.63) is 396 Å². The first-order chi connectivity index (χ1) is 68.2. The van der Waals surface area contributed by atoms with Crippen LogP contribution in [0, 0.1) is 0 Å². The highest BCUT2D eigenvalue weighted by atomic mass is 16.3. The van der Waals surface area contributed by atoms with Gasteiger partial charge in [-0.2, -0.15) is 0 Å². The number of fused-ring (bicyclic) bond motifs is 18. The molecule has 0 spiro atoms. The topological polar surface area (TPSA) is 62.4 Å². The molecule has 0 aliphatic heterocycles. The smallest absolute Gasteiger partial charge is 0.136 e. The molecule has 6 aromatic heterocycles. The molecule has 0 aliphatic rings. The summed E-state index contributed by atoms with van der Waals surface area (Å²) in [6, 6.07) is 125. The van der Waals surface area contributed by atoms with Crippen molar-refractivity contribution in [1.29, 1.82) is 0 Å². The fraction of sp³-hybridized carbons (Fsp3) is 0.261. The fourth-order valence-electron chi connectivity index (χ4n) is 22.4. The maximum absolute atomic E-state index is 6.59. The lowest BCUT2D eigenvalue weighted by molar-refractivity contribution is 0.534. The van der Waals surface area contributed by atoms with Gasteiger partial charge in [-0.25, -0.2) is 0 Å². The fourth-order valence-corrected chi connectivity index (χ4v) is 22.4. The van der Waals surface area contributed by atoms with E-state index in [2.05, 4.69) is 542 Å². The van der Waals surface area contributed by atoms with Crippen LogP contribution in [0.2, 0.25) is 0 Å². The Labute approximate surface area is 850 Å².